The van der Waals surface area contributed by atoms with Gasteiger partial charge in [0, 0.05) is 48.9 Å². The highest BCUT2D eigenvalue weighted by Crippen LogP contribution is 2.33. The Morgan fingerprint density at radius 3 is 2.75 bits per heavy atom. The van der Waals surface area contributed by atoms with Crippen molar-refractivity contribution in [3.63, 3.8) is 0 Å². The van der Waals surface area contributed by atoms with Crippen LogP contribution in [-0.2, 0) is 13.1 Å². The molecule has 0 aliphatic carbocycles. The second kappa shape index (κ2) is 9.65. The van der Waals surface area contributed by atoms with Gasteiger partial charge in [-0.05, 0) is 70.3 Å². The third-order valence-electron chi connectivity index (χ3n) is 7.82. The Kier molecular flexibility index (Phi) is 6.21. The Hall–Kier alpha value is -3.26. The second-order valence-corrected chi connectivity index (χ2v) is 10.6. The molecular weight excluding hydrogens is 450 g/mol. The molecule has 2 fully saturated rings. The van der Waals surface area contributed by atoms with Crippen molar-refractivity contribution >= 4 is 28.6 Å². The van der Waals surface area contributed by atoms with E-state index in [1.54, 1.807) is 0 Å². The van der Waals surface area contributed by atoms with Gasteiger partial charge in [0.15, 0.2) is 0 Å². The van der Waals surface area contributed by atoms with Crippen molar-refractivity contribution in [3.05, 3.63) is 53.3 Å². The molecular formula is C28H35N7O. The van der Waals surface area contributed by atoms with E-state index in [1.165, 1.54) is 25.9 Å². The summed E-state index contributed by atoms with van der Waals surface area (Å²) in [6, 6.07) is 10.8. The average Bonchev–Trinajstić information content (AvgIpc) is 3.64. The first-order valence-electron chi connectivity index (χ1n) is 13.4. The fourth-order valence-electron chi connectivity index (χ4n) is 5.82. The van der Waals surface area contributed by atoms with Gasteiger partial charge in [0.2, 0.25) is 5.95 Å². The molecule has 8 nitrogen and oxygen atoms in total. The van der Waals surface area contributed by atoms with Crippen LogP contribution in [0.5, 0.6) is 0 Å². The summed E-state index contributed by atoms with van der Waals surface area (Å²) in [5.41, 5.74) is 3.53. The number of anilines is 2. The highest BCUT2D eigenvalue weighted by molar-refractivity contribution is 5.98. The van der Waals surface area contributed by atoms with Crippen molar-refractivity contribution in [2.24, 2.45) is 0 Å². The van der Waals surface area contributed by atoms with Gasteiger partial charge < -0.3 is 20.0 Å². The van der Waals surface area contributed by atoms with Gasteiger partial charge in [0.1, 0.15) is 11.5 Å². The number of benzene rings is 1. The molecule has 3 aliphatic heterocycles. The molecule has 6 rings (SSSR count). The maximum absolute atomic E-state index is 13.3. The zero-order chi connectivity index (χ0) is 24.6. The summed E-state index contributed by atoms with van der Waals surface area (Å²) in [5.74, 6) is 1.47. The SMILES string of the molecule is CC(C)N1Cc2c(NCc3cnc4ccccc4c3)nc(N3CCC[C@@H]3CN3CCCC3)nc2C1=O. The number of carbonyl (C=O) groups excluding carboxylic acids is 1. The van der Waals surface area contributed by atoms with Crippen molar-refractivity contribution in [3.8, 4) is 0 Å². The summed E-state index contributed by atoms with van der Waals surface area (Å²) in [6.07, 6.45) is 6.78. The van der Waals surface area contributed by atoms with E-state index in [2.05, 4.69) is 46.1 Å². The number of hydrogen-bond acceptors (Lipinski definition) is 7. The van der Waals surface area contributed by atoms with Crippen molar-refractivity contribution in [1.29, 1.82) is 0 Å². The molecule has 0 saturated carbocycles. The average molecular weight is 486 g/mol. The largest absolute Gasteiger partial charge is 0.365 e. The van der Waals surface area contributed by atoms with Gasteiger partial charge in [-0.1, -0.05) is 18.2 Å². The standard InChI is InChI=1S/C28H35N7O/c1-19(2)35-18-23-25(27(35)36)31-28(34-13-7-9-22(34)17-33-11-5-6-12-33)32-26(23)30-16-20-14-21-8-3-4-10-24(21)29-15-20/h3-4,8,10,14-15,19,22H,5-7,9,11-13,16-18H2,1-2H3,(H,30,31,32)/t22-/m1/s1. The third-order valence-corrected chi connectivity index (χ3v) is 7.82. The van der Waals surface area contributed by atoms with E-state index < -0.39 is 0 Å². The van der Waals surface area contributed by atoms with Gasteiger partial charge in [-0.15, -0.1) is 0 Å². The second-order valence-electron chi connectivity index (χ2n) is 10.6. The summed E-state index contributed by atoms with van der Waals surface area (Å²) >= 11 is 0. The number of nitrogens with zero attached hydrogens (tertiary/aromatic N) is 6. The molecule has 3 aliphatic rings. The summed E-state index contributed by atoms with van der Waals surface area (Å²) in [6.45, 7) is 9.60. The van der Waals surface area contributed by atoms with E-state index in [9.17, 15) is 4.79 Å². The Labute approximate surface area is 212 Å². The smallest absolute Gasteiger partial charge is 0.273 e. The van der Waals surface area contributed by atoms with Gasteiger partial charge in [-0.2, -0.15) is 4.98 Å². The zero-order valence-electron chi connectivity index (χ0n) is 21.3. The van der Waals surface area contributed by atoms with Crippen LogP contribution in [-0.4, -0.2) is 68.9 Å². The lowest BCUT2D eigenvalue weighted by Crippen LogP contribution is -2.40. The minimum Gasteiger partial charge on any atom is -0.365 e. The van der Waals surface area contributed by atoms with Crippen LogP contribution >= 0.6 is 0 Å². The number of nitrogens with one attached hydrogen (secondary N) is 1. The lowest BCUT2D eigenvalue weighted by Gasteiger charge is -2.29. The third kappa shape index (κ3) is 4.39. The number of carbonyl (C=O) groups is 1. The minimum atomic E-state index is 0.00867. The minimum absolute atomic E-state index is 0.00867. The molecule has 1 N–H and O–H groups in total. The number of para-hydroxylation sites is 1. The first-order valence-corrected chi connectivity index (χ1v) is 13.4. The summed E-state index contributed by atoms with van der Waals surface area (Å²) in [7, 11) is 0. The van der Waals surface area contributed by atoms with Crippen molar-refractivity contribution in [2.45, 2.75) is 64.7 Å². The molecule has 0 spiro atoms. The molecule has 3 aromatic rings. The number of hydrogen-bond donors (Lipinski definition) is 1. The lowest BCUT2D eigenvalue weighted by molar-refractivity contribution is 0.0726. The van der Waals surface area contributed by atoms with E-state index in [0.717, 1.165) is 53.8 Å². The molecule has 2 aromatic heterocycles. The molecule has 0 bridgehead atoms. The maximum atomic E-state index is 13.3. The number of likely N-dealkylation sites (tertiary alicyclic amines) is 1. The topological polar surface area (TPSA) is 77.5 Å². The van der Waals surface area contributed by atoms with Gasteiger partial charge in [-0.3, -0.25) is 9.78 Å². The Bertz CT molecular complexity index is 1270. The molecule has 2 saturated heterocycles. The van der Waals surface area contributed by atoms with Crippen LogP contribution in [0.2, 0.25) is 0 Å². The van der Waals surface area contributed by atoms with Gasteiger partial charge >= 0.3 is 0 Å². The van der Waals surface area contributed by atoms with E-state index >= 15 is 0 Å². The van der Waals surface area contributed by atoms with Crippen LogP contribution in [0.25, 0.3) is 10.9 Å². The van der Waals surface area contributed by atoms with Crippen LogP contribution in [0.3, 0.4) is 0 Å². The van der Waals surface area contributed by atoms with Crippen LogP contribution in [0.15, 0.2) is 36.5 Å². The summed E-state index contributed by atoms with van der Waals surface area (Å²) in [5, 5.41) is 4.67. The first-order chi connectivity index (χ1) is 17.6. The van der Waals surface area contributed by atoms with E-state index in [4.69, 9.17) is 9.97 Å². The fraction of sp³-hybridized carbons (Fsp3) is 0.500. The van der Waals surface area contributed by atoms with Gasteiger partial charge in [0.25, 0.3) is 5.91 Å². The Balaban J connectivity index is 1.30. The van der Waals surface area contributed by atoms with Crippen molar-refractivity contribution in [2.75, 3.05) is 36.4 Å². The highest BCUT2D eigenvalue weighted by Gasteiger charge is 2.36. The molecule has 0 radical (unpaired) electrons. The number of fused-ring (bicyclic) bond motifs is 2. The van der Waals surface area contributed by atoms with Gasteiger partial charge in [-0.25, -0.2) is 4.98 Å². The number of rotatable bonds is 7. The van der Waals surface area contributed by atoms with Crippen LogP contribution in [0, 0.1) is 0 Å². The molecule has 1 amide bonds. The van der Waals surface area contributed by atoms with Crippen LogP contribution in [0.1, 0.15) is 61.1 Å². The van der Waals surface area contributed by atoms with Crippen molar-refractivity contribution in [1.82, 2.24) is 24.8 Å². The monoisotopic (exact) mass is 485 g/mol. The molecule has 188 valence electrons. The predicted molar refractivity (Wildman–Crippen MR) is 142 cm³/mol. The lowest BCUT2D eigenvalue weighted by atomic mass is 10.1. The quantitative estimate of drug-likeness (QED) is 0.541. The molecule has 1 aromatic carbocycles. The van der Waals surface area contributed by atoms with Gasteiger partial charge in [0.05, 0.1) is 12.1 Å². The van der Waals surface area contributed by atoms with E-state index in [0.29, 0.717) is 30.8 Å². The molecule has 1 atom stereocenters. The van der Waals surface area contributed by atoms with E-state index in [1.807, 2.05) is 29.3 Å². The van der Waals surface area contributed by atoms with E-state index in [-0.39, 0.29) is 11.9 Å². The Morgan fingerprint density at radius 2 is 1.92 bits per heavy atom. The molecule has 36 heavy (non-hydrogen) atoms. The normalized spacial score (nSPS) is 20.2. The molecule has 0 unspecified atom stereocenters. The summed E-state index contributed by atoms with van der Waals surface area (Å²) in [4.78, 5) is 34.6. The van der Waals surface area contributed by atoms with Crippen molar-refractivity contribution < 1.29 is 4.79 Å². The van der Waals surface area contributed by atoms with Crippen LogP contribution < -0.4 is 10.2 Å². The Morgan fingerprint density at radius 1 is 1.08 bits per heavy atom. The molecule has 5 heterocycles. The van der Waals surface area contributed by atoms with Crippen LogP contribution in [0.4, 0.5) is 11.8 Å². The maximum Gasteiger partial charge on any atom is 0.273 e. The zero-order valence-corrected chi connectivity index (χ0v) is 21.3. The number of amides is 1. The molecule has 8 heteroatoms. The summed E-state index contributed by atoms with van der Waals surface area (Å²) < 4.78 is 0. The highest BCUT2D eigenvalue weighted by atomic mass is 16.2. The number of aromatic nitrogens is 3. The first kappa shape index (κ1) is 23.2. The fourth-order valence-corrected chi connectivity index (χ4v) is 5.82. The number of pyridine rings is 1. The predicted octanol–water partition coefficient (Wildman–Crippen LogP) is 4.07.